The third-order valence-electron chi connectivity index (χ3n) is 3.14. The Kier molecular flexibility index (Phi) is 4.38. The van der Waals surface area contributed by atoms with Gasteiger partial charge in [0.1, 0.15) is 0 Å². The van der Waals surface area contributed by atoms with Crippen molar-refractivity contribution in [3.8, 4) is 11.3 Å². The van der Waals surface area contributed by atoms with E-state index in [2.05, 4.69) is 31.0 Å². The summed E-state index contributed by atoms with van der Waals surface area (Å²) < 4.78 is 0. The van der Waals surface area contributed by atoms with Gasteiger partial charge in [0.15, 0.2) is 0 Å². The second kappa shape index (κ2) is 6.21. The molecule has 2 rings (SSSR count). The lowest BCUT2D eigenvalue weighted by Crippen LogP contribution is -2.26. The molecule has 1 aromatic carbocycles. The van der Waals surface area contributed by atoms with Gasteiger partial charge in [0.2, 0.25) is 0 Å². The largest absolute Gasteiger partial charge is 0.403 e. The zero-order valence-corrected chi connectivity index (χ0v) is 11.8. The maximum atomic E-state index is 6.04. The molecule has 0 bridgehead atoms. The predicted octanol–water partition coefficient (Wildman–Crippen LogP) is 2.98. The number of anilines is 1. The van der Waals surface area contributed by atoms with Crippen LogP contribution in [0.25, 0.3) is 11.3 Å². The normalized spacial score (nSPS) is 11.2. The molecule has 0 radical (unpaired) electrons. The highest BCUT2D eigenvalue weighted by atomic mass is 15.4. The van der Waals surface area contributed by atoms with Gasteiger partial charge in [-0.15, -0.1) is 0 Å². The summed E-state index contributed by atoms with van der Waals surface area (Å²) >= 11 is 0. The Morgan fingerprint density at radius 1 is 1.20 bits per heavy atom. The lowest BCUT2D eigenvalue weighted by Gasteiger charge is -2.21. The van der Waals surface area contributed by atoms with Crippen LogP contribution in [0.5, 0.6) is 0 Å². The van der Waals surface area contributed by atoms with Crippen LogP contribution in [0.15, 0.2) is 55.0 Å². The first-order valence-corrected chi connectivity index (χ1v) is 6.61. The van der Waals surface area contributed by atoms with Gasteiger partial charge >= 0.3 is 0 Å². The Morgan fingerprint density at radius 3 is 2.60 bits per heavy atom. The standard InChI is InChI=1S/C16H20N4/c1-12(2)14-7-6-13(15-5-3-4-9-19-15)11-16(14)20(18)10-8-17/h3-12H,17-18H2,1-2H3/b10-8-. The van der Waals surface area contributed by atoms with E-state index < -0.39 is 0 Å². The third kappa shape index (κ3) is 2.97. The molecular weight excluding hydrogens is 248 g/mol. The molecule has 2 aromatic rings. The number of hydrazine groups is 1. The fraction of sp³-hybridized carbons (Fsp3) is 0.188. The summed E-state index contributed by atoms with van der Waals surface area (Å²) in [6.45, 7) is 4.28. The lowest BCUT2D eigenvalue weighted by atomic mass is 9.98. The first kappa shape index (κ1) is 14.1. The number of nitrogens with two attached hydrogens (primary N) is 2. The summed E-state index contributed by atoms with van der Waals surface area (Å²) in [5.41, 5.74) is 9.49. The SMILES string of the molecule is CC(C)c1ccc(-c2ccccn2)cc1N(N)/C=C\N. The molecule has 4 N–H and O–H groups in total. The second-order valence-corrected chi connectivity index (χ2v) is 4.89. The maximum absolute atomic E-state index is 6.04. The zero-order valence-electron chi connectivity index (χ0n) is 11.8. The van der Waals surface area contributed by atoms with Crippen molar-refractivity contribution in [1.29, 1.82) is 0 Å². The smallest absolute Gasteiger partial charge is 0.0702 e. The first-order valence-electron chi connectivity index (χ1n) is 6.61. The highest BCUT2D eigenvalue weighted by Crippen LogP contribution is 2.30. The van der Waals surface area contributed by atoms with Crippen LogP contribution in [0.4, 0.5) is 5.69 Å². The van der Waals surface area contributed by atoms with Crippen LogP contribution >= 0.6 is 0 Å². The van der Waals surface area contributed by atoms with Gasteiger partial charge in [-0.3, -0.25) is 9.99 Å². The highest BCUT2D eigenvalue weighted by Gasteiger charge is 2.11. The summed E-state index contributed by atoms with van der Waals surface area (Å²) in [7, 11) is 0. The summed E-state index contributed by atoms with van der Waals surface area (Å²) in [5.74, 6) is 6.41. The van der Waals surface area contributed by atoms with Crippen molar-refractivity contribution in [2.24, 2.45) is 11.6 Å². The van der Waals surface area contributed by atoms with Crippen LogP contribution in [-0.4, -0.2) is 4.98 Å². The van der Waals surface area contributed by atoms with Crippen molar-refractivity contribution in [2.45, 2.75) is 19.8 Å². The van der Waals surface area contributed by atoms with E-state index in [-0.39, 0.29) is 0 Å². The quantitative estimate of drug-likeness (QED) is 0.660. The number of nitrogens with zero attached hydrogens (tertiary/aromatic N) is 2. The molecule has 1 aromatic heterocycles. The van der Waals surface area contributed by atoms with E-state index in [4.69, 9.17) is 11.6 Å². The molecule has 0 unspecified atom stereocenters. The molecule has 4 heteroatoms. The van der Waals surface area contributed by atoms with Gasteiger partial charge in [0, 0.05) is 24.2 Å². The van der Waals surface area contributed by atoms with Gasteiger partial charge in [0.05, 0.1) is 11.4 Å². The van der Waals surface area contributed by atoms with Crippen LogP contribution in [-0.2, 0) is 0 Å². The van der Waals surface area contributed by atoms with Gasteiger partial charge in [-0.05, 0) is 29.7 Å². The van der Waals surface area contributed by atoms with Crippen LogP contribution in [0.2, 0.25) is 0 Å². The molecule has 20 heavy (non-hydrogen) atoms. The fourth-order valence-electron chi connectivity index (χ4n) is 2.12. The summed E-state index contributed by atoms with van der Waals surface area (Å²) in [6, 6.07) is 12.1. The van der Waals surface area contributed by atoms with Gasteiger partial charge < -0.3 is 5.73 Å². The molecular formula is C16H20N4. The van der Waals surface area contributed by atoms with Crippen molar-refractivity contribution in [2.75, 3.05) is 5.01 Å². The number of rotatable bonds is 4. The Balaban J connectivity index is 2.51. The number of aromatic nitrogens is 1. The molecule has 0 aliphatic rings. The second-order valence-electron chi connectivity index (χ2n) is 4.89. The number of benzene rings is 1. The molecule has 0 saturated heterocycles. The molecule has 0 aliphatic carbocycles. The molecule has 0 fully saturated rings. The Hall–Kier alpha value is -2.33. The van der Waals surface area contributed by atoms with Gasteiger partial charge in [-0.1, -0.05) is 32.0 Å². The Morgan fingerprint density at radius 2 is 2.00 bits per heavy atom. The van der Waals surface area contributed by atoms with Crippen molar-refractivity contribution >= 4 is 5.69 Å². The van der Waals surface area contributed by atoms with E-state index in [9.17, 15) is 0 Å². The van der Waals surface area contributed by atoms with Gasteiger partial charge in [0.25, 0.3) is 0 Å². The molecule has 0 atom stereocenters. The minimum Gasteiger partial charge on any atom is -0.403 e. The molecule has 0 aliphatic heterocycles. The predicted molar refractivity (Wildman–Crippen MR) is 83.8 cm³/mol. The topological polar surface area (TPSA) is 68.2 Å². The lowest BCUT2D eigenvalue weighted by molar-refractivity contribution is 0.856. The number of pyridine rings is 1. The van der Waals surface area contributed by atoms with E-state index in [0.29, 0.717) is 5.92 Å². The number of hydrogen-bond acceptors (Lipinski definition) is 4. The average Bonchev–Trinajstić information content (AvgIpc) is 2.47. The van der Waals surface area contributed by atoms with Crippen molar-refractivity contribution in [3.63, 3.8) is 0 Å². The van der Waals surface area contributed by atoms with Gasteiger partial charge in [-0.25, -0.2) is 5.84 Å². The Labute approximate surface area is 119 Å². The number of hydrogen-bond donors (Lipinski definition) is 2. The minimum absolute atomic E-state index is 0.375. The van der Waals surface area contributed by atoms with E-state index in [0.717, 1.165) is 16.9 Å². The Bertz CT molecular complexity index is 591. The molecule has 4 nitrogen and oxygen atoms in total. The minimum atomic E-state index is 0.375. The van der Waals surface area contributed by atoms with Crippen molar-refractivity contribution in [1.82, 2.24) is 4.98 Å². The molecule has 104 valence electrons. The highest BCUT2D eigenvalue weighted by molar-refractivity contribution is 5.69. The molecule has 0 saturated carbocycles. The first-order chi connectivity index (χ1) is 9.63. The molecule has 1 heterocycles. The van der Waals surface area contributed by atoms with Crippen molar-refractivity contribution in [3.05, 3.63) is 60.6 Å². The van der Waals surface area contributed by atoms with E-state index in [1.165, 1.54) is 11.8 Å². The van der Waals surface area contributed by atoms with Gasteiger partial charge in [-0.2, -0.15) is 0 Å². The third-order valence-corrected chi connectivity index (χ3v) is 3.14. The molecule has 0 amide bonds. The van der Waals surface area contributed by atoms with Crippen molar-refractivity contribution < 1.29 is 0 Å². The maximum Gasteiger partial charge on any atom is 0.0702 e. The van der Waals surface area contributed by atoms with E-state index >= 15 is 0 Å². The average molecular weight is 268 g/mol. The fourth-order valence-corrected chi connectivity index (χ4v) is 2.12. The monoisotopic (exact) mass is 268 g/mol. The van der Waals surface area contributed by atoms with Crippen LogP contribution < -0.4 is 16.6 Å². The summed E-state index contributed by atoms with van der Waals surface area (Å²) in [5, 5.41) is 1.54. The zero-order chi connectivity index (χ0) is 14.5. The van der Waals surface area contributed by atoms with E-state index in [1.54, 1.807) is 17.4 Å². The van der Waals surface area contributed by atoms with Crippen LogP contribution in [0.1, 0.15) is 25.3 Å². The molecule has 0 spiro atoms. The van der Waals surface area contributed by atoms with Crippen LogP contribution in [0.3, 0.4) is 0 Å². The van der Waals surface area contributed by atoms with Crippen LogP contribution in [0, 0.1) is 0 Å². The summed E-state index contributed by atoms with van der Waals surface area (Å²) in [4.78, 5) is 4.37. The summed E-state index contributed by atoms with van der Waals surface area (Å²) in [6.07, 6.45) is 4.85. The van der Waals surface area contributed by atoms with E-state index in [1.807, 2.05) is 24.3 Å².